The number of hydrogen-bond donors (Lipinski definition) is 1. The fraction of sp³-hybridized carbons (Fsp3) is 0.875. The fourth-order valence-corrected chi connectivity index (χ4v) is 1.42. The van der Waals surface area contributed by atoms with Gasteiger partial charge in [0.15, 0.2) is 0 Å². The topological polar surface area (TPSA) is 12.0 Å². The van der Waals surface area contributed by atoms with Crippen LogP contribution in [-0.2, 0) is 0 Å². The highest BCUT2D eigenvalue weighted by Crippen LogP contribution is 2.14. The lowest BCUT2D eigenvalue weighted by atomic mass is 10.0. The maximum atomic E-state index is 3.47. The molecule has 0 aromatic carbocycles. The highest BCUT2D eigenvalue weighted by molar-refractivity contribution is 4.86. The van der Waals surface area contributed by atoms with Crippen LogP contribution in [0.15, 0.2) is 0 Å². The van der Waals surface area contributed by atoms with Crippen LogP contribution < -0.4 is 5.32 Å². The van der Waals surface area contributed by atoms with Crippen LogP contribution in [0.2, 0.25) is 0 Å². The van der Waals surface area contributed by atoms with E-state index in [1.165, 1.54) is 25.8 Å². The summed E-state index contributed by atoms with van der Waals surface area (Å²) < 4.78 is 0. The molecule has 1 heterocycles. The third-order valence-corrected chi connectivity index (χ3v) is 1.82. The molecule has 1 rings (SSSR count). The van der Waals surface area contributed by atoms with Crippen molar-refractivity contribution >= 4 is 0 Å². The Bertz CT molecular complexity index is 72.6. The van der Waals surface area contributed by atoms with Crippen LogP contribution >= 0.6 is 0 Å². The first kappa shape index (κ1) is 7.07. The van der Waals surface area contributed by atoms with E-state index in [4.69, 9.17) is 0 Å². The SMILES string of the molecule is C[C](C)CC1CCCN1. The number of hydrogen-bond acceptors (Lipinski definition) is 1. The van der Waals surface area contributed by atoms with E-state index in [0.717, 1.165) is 6.04 Å². The highest BCUT2D eigenvalue weighted by Gasteiger charge is 2.14. The first-order valence-corrected chi connectivity index (χ1v) is 3.81. The van der Waals surface area contributed by atoms with Crippen molar-refractivity contribution in [2.24, 2.45) is 0 Å². The first-order valence-electron chi connectivity index (χ1n) is 3.81. The second-order valence-corrected chi connectivity index (χ2v) is 3.20. The quantitative estimate of drug-likeness (QED) is 0.594. The lowest BCUT2D eigenvalue weighted by Crippen LogP contribution is -2.22. The smallest absolute Gasteiger partial charge is 0.00728 e. The summed E-state index contributed by atoms with van der Waals surface area (Å²) >= 11 is 0. The van der Waals surface area contributed by atoms with Crippen LogP contribution in [0.5, 0.6) is 0 Å². The van der Waals surface area contributed by atoms with Gasteiger partial charge in [0.2, 0.25) is 0 Å². The molecule has 1 radical (unpaired) electrons. The van der Waals surface area contributed by atoms with Gasteiger partial charge in [0.05, 0.1) is 0 Å². The van der Waals surface area contributed by atoms with E-state index in [9.17, 15) is 0 Å². The molecule has 1 saturated heterocycles. The summed E-state index contributed by atoms with van der Waals surface area (Å²) in [6.45, 7) is 5.65. The molecule has 1 nitrogen and oxygen atoms in total. The minimum atomic E-state index is 0.801. The van der Waals surface area contributed by atoms with E-state index in [0.29, 0.717) is 0 Å². The zero-order valence-electron chi connectivity index (χ0n) is 6.41. The molecule has 1 atom stereocenters. The maximum absolute atomic E-state index is 3.47. The average molecular weight is 126 g/mol. The summed E-state index contributed by atoms with van der Waals surface area (Å²) in [4.78, 5) is 0. The molecule has 1 unspecified atom stereocenters. The summed E-state index contributed by atoms with van der Waals surface area (Å²) in [6.07, 6.45) is 4.03. The van der Waals surface area contributed by atoms with Crippen LogP contribution in [0.4, 0.5) is 0 Å². The largest absolute Gasteiger partial charge is 0.314 e. The molecule has 9 heavy (non-hydrogen) atoms. The fourth-order valence-electron chi connectivity index (χ4n) is 1.42. The van der Waals surface area contributed by atoms with Gasteiger partial charge in [-0.2, -0.15) is 0 Å². The molecular weight excluding hydrogens is 110 g/mol. The van der Waals surface area contributed by atoms with Crippen LogP contribution in [0.1, 0.15) is 33.1 Å². The van der Waals surface area contributed by atoms with E-state index in [2.05, 4.69) is 19.2 Å². The van der Waals surface area contributed by atoms with Gasteiger partial charge in [0.25, 0.3) is 0 Å². The second-order valence-electron chi connectivity index (χ2n) is 3.20. The Morgan fingerprint density at radius 2 is 2.33 bits per heavy atom. The summed E-state index contributed by atoms with van der Waals surface area (Å²) in [7, 11) is 0. The summed E-state index contributed by atoms with van der Waals surface area (Å²) in [5, 5.41) is 3.47. The van der Waals surface area contributed by atoms with Crippen molar-refractivity contribution in [3.8, 4) is 0 Å². The summed E-state index contributed by atoms with van der Waals surface area (Å²) in [5.74, 6) is 1.55. The number of rotatable bonds is 2. The Labute approximate surface area is 57.8 Å². The van der Waals surface area contributed by atoms with Crippen molar-refractivity contribution in [1.29, 1.82) is 0 Å². The monoisotopic (exact) mass is 126 g/mol. The van der Waals surface area contributed by atoms with E-state index in [1.54, 1.807) is 5.92 Å². The third kappa shape index (κ3) is 2.35. The molecule has 1 fully saturated rings. The molecule has 0 amide bonds. The molecule has 1 N–H and O–H groups in total. The Morgan fingerprint density at radius 1 is 1.56 bits per heavy atom. The van der Waals surface area contributed by atoms with Gasteiger partial charge in [-0.3, -0.25) is 0 Å². The number of nitrogens with one attached hydrogen (secondary N) is 1. The molecule has 0 saturated carbocycles. The van der Waals surface area contributed by atoms with Crippen molar-refractivity contribution in [2.75, 3.05) is 6.54 Å². The van der Waals surface area contributed by atoms with Crippen molar-refractivity contribution in [2.45, 2.75) is 39.2 Å². The van der Waals surface area contributed by atoms with Crippen LogP contribution in [0.3, 0.4) is 0 Å². The Kier molecular flexibility index (Phi) is 2.52. The van der Waals surface area contributed by atoms with Gasteiger partial charge in [-0.25, -0.2) is 0 Å². The standard InChI is InChI=1S/C8H16N/c1-7(2)6-8-4-3-5-9-8/h8-9H,3-6H2,1-2H3. The Balaban J connectivity index is 2.11. The lowest BCUT2D eigenvalue weighted by molar-refractivity contribution is 0.570. The zero-order valence-corrected chi connectivity index (χ0v) is 6.41. The van der Waals surface area contributed by atoms with Crippen LogP contribution in [0, 0.1) is 5.92 Å². The van der Waals surface area contributed by atoms with Gasteiger partial charge < -0.3 is 5.32 Å². The molecule has 0 aliphatic carbocycles. The molecular formula is C8H16N. The molecule has 1 heteroatoms. The molecule has 0 spiro atoms. The van der Waals surface area contributed by atoms with Crippen molar-refractivity contribution < 1.29 is 0 Å². The van der Waals surface area contributed by atoms with Crippen LogP contribution in [0.25, 0.3) is 0 Å². The summed E-state index contributed by atoms with van der Waals surface area (Å²) in [5.41, 5.74) is 0. The van der Waals surface area contributed by atoms with Gasteiger partial charge in [0.1, 0.15) is 0 Å². The van der Waals surface area contributed by atoms with Gasteiger partial charge in [-0.1, -0.05) is 13.8 Å². The zero-order chi connectivity index (χ0) is 6.69. The van der Waals surface area contributed by atoms with E-state index < -0.39 is 0 Å². The van der Waals surface area contributed by atoms with Gasteiger partial charge in [-0.05, 0) is 31.7 Å². The molecule has 1 aliphatic rings. The van der Waals surface area contributed by atoms with E-state index >= 15 is 0 Å². The minimum absolute atomic E-state index is 0.801. The molecule has 1 aliphatic heterocycles. The van der Waals surface area contributed by atoms with Gasteiger partial charge in [-0.15, -0.1) is 0 Å². The normalized spacial score (nSPS) is 27.7. The van der Waals surface area contributed by atoms with Gasteiger partial charge in [0, 0.05) is 6.04 Å². The Morgan fingerprint density at radius 3 is 2.78 bits per heavy atom. The predicted octanol–water partition coefficient (Wildman–Crippen LogP) is 1.74. The van der Waals surface area contributed by atoms with E-state index in [-0.39, 0.29) is 0 Å². The second kappa shape index (κ2) is 3.21. The average Bonchev–Trinajstić information content (AvgIpc) is 2.15. The summed E-state index contributed by atoms with van der Waals surface area (Å²) in [6, 6.07) is 0.801. The lowest BCUT2D eigenvalue weighted by Gasteiger charge is -2.11. The third-order valence-electron chi connectivity index (χ3n) is 1.82. The van der Waals surface area contributed by atoms with Crippen molar-refractivity contribution in [3.05, 3.63) is 5.92 Å². The molecule has 0 aromatic rings. The first-order chi connectivity index (χ1) is 4.29. The molecule has 0 bridgehead atoms. The molecule has 0 aromatic heterocycles. The van der Waals surface area contributed by atoms with Crippen molar-refractivity contribution in [1.82, 2.24) is 5.32 Å². The molecule has 53 valence electrons. The minimum Gasteiger partial charge on any atom is -0.314 e. The maximum Gasteiger partial charge on any atom is 0.00728 e. The van der Waals surface area contributed by atoms with Crippen LogP contribution in [-0.4, -0.2) is 12.6 Å². The van der Waals surface area contributed by atoms with Gasteiger partial charge >= 0.3 is 0 Å². The Hall–Kier alpha value is -0.0400. The van der Waals surface area contributed by atoms with E-state index in [1.807, 2.05) is 0 Å². The van der Waals surface area contributed by atoms with Crippen molar-refractivity contribution in [3.63, 3.8) is 0 Å². The highest BCUT2D eigenvalue weighted by atomic mass is 14.9. The predicted molar refractivity (Wildman–Crippen MR) is 40.2 cm³/mol.